The van der Waals surface area contributed by atoms with E-state index in [2.05, 4.69) is 34.2 Å². The third-order valence-corrected chi connectivity index (χ3v) is 5.54. The highest BCUT2D eigenvalue weighted by Crippen LogP contribution is 2.32. The van der Waals surface area contributed by atoms with Crippen LogP contribution in [0.1, 0.15) is 47.4 Å². The molecule has 0 saturated heterocycles. The van der Waals surface area contributed by atoms with Crippen molar-refractivity contribution in [2.45, 2.75) is 32.2 Å². The first-order chi connectivity index (χ1) is 15.2. The molecule has 0 N–H and O–H groups in total. The Morgan fingerprint density at radius 2 is 1.94 bits per heavy atom. The van der Waals surface area contributed by atoms with Crippen molar-refractivity contribution in [2.75, 3.05) is 7.11 Å². The molecule has 1 aliphatic rings. The molecule has 156 valence electrons. The zero-order valence-electron chi connectivity index (χ0n) is 17.6. The lowest BCUT2D eigenvalue weighted by Gasteiger charge is -2.22. The number of imidazole rings is 1. The van der Waals surface area contributed by atoms with Gasteiger partial charge < -0.3 is 9.30 Å². The molecule has 3 aromatic heterocycles. The Kier molecular flexibility index (Phi) is 5.08. The maximum atomic E-state index is 5.50. The maximum Gasteiger partial charge on any atom is 0.238 e. The standard InChI is InChI=1S/C24H24N6O/c1-17-15-29(16-25-17)21-12-10-19(26-24(21)31-2)11-13-22-27-23-20(9-6-14-30(23)28-22)18-7-4-3-5-8-18/h3-5,7-8,10-13,15-16,20H,6,9,14H2,1-2H3. The van der Waals surface area contributed by atoms with E-state index in [9.17, 15) is 0 Å². The van der Waals surface area contributed by atoms with Gasteiger partial charge in [-0.25, -0.2) is 19.6 Å². The minimum atomic E-state index is 0.292. The van der Waals surface area contributed by atoms with Crippen LogP contribution in [0, 0.1) is 6.92 Å². The van der Waals surface area contributed by atoms with Crippen molar-refractivity contribution in [3.8, 4) is 11.6 Å². The predicted octanol–water partition coefficient (Wildman–Crippen LogP) is 4.27. The summed E-state index contributed by atoms with van der Waals surface area (Å²) in [6.45, 7) is 2.86. The summed E-state index contributed by atoms with van der Waals surface area (Å²) in [6, 6.07) is 14.5. The van der Waals surface area contributed by atoms with Crippen molar-refractivity contribution in [2.24, 2.45) is 0 Å². The average Bonchev–Trinajstić information content (AvgIpc) is 3.43. The summed E-state index contributed by atoms with van der Waals surface area (Å²) in [6.07, 6.45) is 9.73. The van der Waals surface area contributed by atoms with Gasteiger partial charge in [-0.15, -0.1) is 0 Å². The second-order valence-electron chi connectivity index (χ2n) is 7.68. The van der Waals surface area contributed by atoms with E-state index in [-0.39, 0.29) is 0 Å². The van der Waals surface area contributed by atoms with Gasteiger partial charge in [0.1, 0.15) is 11.5 Å². The second kappa shape index (κ2) is 8.18. The molecule has 4 heterocycles. The number of aromatic nitrogens is 6. The van der Waals surface area contributed by atoms with Crippen molar-refractivity contribution in [3.63, 3.8) is 0 Å². The SMILES string of the molecule is COc1nc(C=Cc2nc3n(n2)CCCC3c2ccccc2)ccc1-n1cnc(C)c1. The number of ether oxygens (including phenoxy) is 1. The van der Waals surface area contributed by atoms with E-state index in [1.54, 1.807) is 13.4 Å². The van der Waals surface area contributed by atoms with E-state index in [0.717, 1.165) is 42.3 Å². The fourth-order valence-electron chi connectivity index (χ4n) is 4.04. The first kappa shape index (κ1) is 19.2. The smallest absolute Gasteiger partial charge is 0.238 e. The molecule has 5 rings (SSSR count). The molecule has 1 unspecified atom stereocenters. The monoisotopic (exact) mass is 412 g/mol. The third kappa shape index (κ3) is 3.86. The second-order valence-corrected chi connectivity index (χ2v) is 7.68. The van der Waals surface area contributed by atoms with Gasteiger partial charge in [-0.05, 0) is 49.6 Å². The average molecular weight is 412 g/mol. The van der Waals surface area contributed by atoms with Gasteiger partial charge in [0, 0.05) is 18.7 Å². The molecule has 31 heavy (non-hydrogen) atoms. The van der Waals surface area contributed by atoms with Crippen molar-refractivity contribution in [1.29, 1.82) is 0 Å². The largest absolute Gasteiger partial charge is 0.479 e. The van der Waals surface area contributed by atoms with E-state index in [0.29, 0.717) is 17.6 Å². The van der Waals surface area contributed by atoms with Gasteiger partial charge in [-0.3, -0.25) is 0 Å². The Labute approximate surface area is 181 Å². The van der Waals surface area contributed by atoms with E-state index in [1.165, 1.54) is 5.56 Å². The van der Waals surface area contributed by atoms with E-state index < -0.39 is 0 Å². The molecule has 4 aromatic rings. The summed E-state index contributed by atoms with van der Waals surface area (Å²) in [4.78, 5) is 13.7. The number of fused-ring (bicyclic) bond motifs is 1. The Balaban J connectivity index is 1.41. The van der Waals surface area contributed by atoms with Gasteiger partial charge >= 0.3 is 0 Å². The van der Waals surface area contributed by atoms with Crippen molar-refractivity contribution in [3.05, 3.63) is 83.6 Å². The molecule has 0 bridgehead atoms. The van der Waals surface area contributed by atoms with Crippen LogP contribution in [-0.4, -0.2) is 36.4 Å². The molecule has 0 radical (unpaired) electrons. The van der Waals surface area contributed by atoms with Crippen LogP contribution in [0.25, 0.3) is 17.8 Å². The molecule has 1 aromatic carbocycles. The number of nitrogens with zero attached hydrogens (tertiary/aromatic N) is 6. The maximum absolute atomic E-state index is 5.50. The van der Waals surface area contributed by atoms with Crippen LogP contribution in [0.5, 0.6) is 5.88 Å². The van der Waals surface area contributed by atoms with Crippen LogP contribution in [0.15, 0.2) is 55.0 Å². The lowest BCUT2D eigenvalue weighted by Crippen LogP contribution is -2.17. The zero-order valence-corrected chi connectivity index (χ0v) is 17.6. The minimum Gasteiger partial charge on any atom is -0.479 e. The molecule has 7 nitrogen and oxygen atoms in total. The Morgan fingerprint density at radius 3 is 2.71 bits per heavy atom. The number of benzene rings is 1. The Hall–Kier alpha value is -3.74. The number of methoxy groups -OCH3 is 1. The number of hydrogen-bond donors (Lipinski definition) is 0. The molecule has 0 spiro atoms. The summed E-state index contributed by atoms with van der Waals surface area (Å²) in [5.41, 5.74) is 3.86. The molecule has 0 fully saturated rings. The third-order valence-electron chi connectivity index (χ3n) is 5.54. The molecular formula is C24H24N6O. The fraction of sp³-hybridized carbons (Fsp3) is 0.250. The van der Waals surface area contributed by atoms with E-state index in [1.807, 2.05) is 52.7 Å². The molecule has 1 atom stereocenters. The normalized spacial score (nSPS) is 15.9. The van der Waals surface area contributed by atoms with Gasteiger partial charge in [0.2, 0.25) is 5.88 Å². The van der Waals surface area contributed by atoms with Crippen molar-refractivity contribution in [1.82, 2.24) is 29.3 Å². The molecule has 0 saturated carbocycles. The molecular weight excluding hydrogens is 388 g/mol. The topological polar surface area (TPSA) is 70.7 Å². The Morgan fingerprint density at radius 1 is 1.06 bits per heavy atom. The van der Waals surface area contributed by atoms with Crippen LogP contribution < -0.4 is 4.74 Å². The van der Waals surface area contributed by atoms with Crippen LogP contribution in [-0.2, 0) is 6.54 Å². The van der Waals surface area contributed by atoms with Gasteiger partial charge in [0.15, 0.2) is 5.82 Å². The van der Waals surface area contributed by atoms with Crippen LogP contribution >= 0.6 is 0 Å². The van der Waals surface area contributed by atoms with E-state index in [4.69, 9.17) is 14.8 Å². The molecule has 0 aliphatic carbocycles. The highest BCUT2D eigenvalue weighted by Gasteiger charge is 2.25. The van der Waals surface area contributed by atoms with Gasteiger partial charge in [-0.2, -0.15) is 5.10 Å². The number of pyridine rings is 1. The van der Waals surface area contributed by atoms with E-state index >= 15 is 0 Å². The predicted molar refractivity (Wildman–Crippen MR) is 119 cm³/mol. The summed E-state index contributed by atoms with van der Waals surface area (Å²) in [5.74, 6) is 2.57. The first-order valence-electron chi connectivity index (χ1n) is 10.4. The molecule has 7 heteroatoms. The highest BCUT2D eigenvalue weighted by molar-refractivity contribution is 5.65. The van der Waals surface area contributed by atoms with Gasteiger partial charge in [0.05, 0.1) is 24.8 Å². The van der Waals surface area contributed by atoms with Crippen molar-refractivity contribution < 1.29 is 4.74 Å². The van der Waals surface area contributed by atoms with Crippen LogP contribution in [0.2, 0.25) is 0 Å². The van der Waals surface area contributed by atoms with Gasteiger partial charge in [0.25, 0.3) is 0 Å². The number of hydrogen-bond acceptors (Lipinski definition) is 5. The van der Waals surface area contributed by atoms with Gasteiger partial charge in [-0.1, -0.05) is 30.3 Å². The lowest BCUT2D eigenvalue weighted by molar-refractivity contribution is 0.395. The molecule has 1 aliphatic heterocycles. The van der Waals surface area contributed by atoms with Crippen LogP contribution in [0.4, 0.5) is 0 Å². The summed E-state index contributed by atoms with van der Waals surface area (Å²) >= 11 is 0. The summed E-state index contributed by atoms with van der Waals surface area (Å²) < 4.78 is 9.45. The number of aryl methyl sites for hydroxylation is 2. The summed E-state index contributed by atoms with van der Waals surface area (Å²) in [7, 11) is 1.62. The first-order valence-corrected chi connectivity index (χ1v) is 10.4. The van der Waals surface area contributed by atoms with Crippen molar-refractivity contribution >= 4 is 12.2 Å². The summed E-state index contributed by atoms with van der Waals surface area (Å²) in [5, 5.41) is 4.70. The lowest BCUT2D eigenvalue weighted by atomic mass is 9.91. The van der Waals surface area contributed by atoms with Crippen LogP contribution in [0.3, 0.4) is 0 Å². The Bertz CT molecular complexity index is 1220. The quantitative estimate of drug-likeness (QED) is 0.489. The number of rotatable bonds is 5. The molecule has 0 amide bonds. The highest BCUT2D eigenvalue weighted by atomic mass is 16.5. The zero-order chi connectivity index (χ0) is 21.2. The fourth-order valence-corrected chi connectivity index (χ4v) is 4.04. The minimum absolute atomic E-state index is 0.292.